The molecule has 1 fully saturated rings. The number of imide groups is 1. The second-order valence-electron chi connectivity index (χ2n) is 14.2. The minimum Gasteiger partial charge on any atom is -0.507 e. The molecule has 292 valence electrons. The van der Waals surface area contributed by atoms with Crippen molar-refractivity contribution < 1.29 is 64.1 Å². The van der Waals surface area contributed by atoms with Crippen molar-refractivity contribution in [3.8, 4) is 23.0 Å². The molecule has 0 radical (unpaired) electrons. The van der Waals surface area contributed by atoms with Crippen molar-refractivity contribution >= 4 is 57.5 Å². The molecule has 3 aliphatic rings. The number of fused-ring (bicyclic) bond motifs is 3. The largest absolute Gasteiger partial charge is 0.507 e. The van der Waals surface area contributed by atoms with E-state index in [-0.39, 0.29) is 40.3 Å². The van der Waals surface area contributed by atoms with E-state index in [9.17, 15) is 54.6 Å². The van der Waals surface area contributed by atoms with Gasteiger partial charge in [-0.05, 0) is 24.6 Å². The average Bonchev–Trinajstić information content (AvgIpc) is 3.50. The number of carbonyl (C=O) groups excluding carboxylic acids is 5. The van der Waals surface area contributed by atoms with Gasteiger partial charge >= 0.3 is 0 Å². The monoisotopic (exact) mass is 770 g/mol. The number of ether oxygens (including phenoxy) is 2. The summed E-state index contributed by atoms with van der Waals surface area (Å²) in [4.78, 5) is 62.5. The Labute approximate surface area is 317 Å². The van der Waals surface area contributed by atoms with Crippen LogP contribution in [0.25, 0.3) is 21.5 Å². The summed E-state index contributed by atoms with van der Waals surface area (Å²) in [5.41, 5.74) is 9.37. The van der Waals surface area contributed by atoms with Gasteiger partial charge in [-0.2, -0.15) is 0 Å². The van der Waals surface area contributed by atoms with E-state index in [4.69, 9.17) is 15.2 Å². The second kappa shape index (κ2) is 14.6. The molecule has 4 aromatic rings. The van der Waals surface area contributed by atoms with Gasteiger partial charge in [-0.15, -0.1) is 0 Å². The Morgan fingerprint density at radius 1 is 1.00 bits per heavy atom. The molecule has 2 heterocycles. The molecular weight excluding hydrogens is 732 g/mol. The van der Waals surface area contributed by atoms with Crippen LogP contribution in [0.2, 0.25) is 0 Å². The number of nitrogens with one attached hydrogen (secondary N) is 2. The van der Waals surface area contributed by atoms with Gasteiger partial charge in [-0.1, -0.05) is 30.3 Å². The molecule has 10 N–H and O–H groups in total. The van der Waals surface area contributed by atoms with Crippen molar-refractivity contribution in [1.82, 2.24) is 10.9 Å². The zero-order valence-electron chi connectivity index (χ0n) is 29.7. The fraction of sp³-hybridized carbons (Fsp3) is 0.308. The van der Waals surface area contributed by atoms with E-state index < -0.39 is 107 Å². The molecule has 56 heavy (non-hydrogen) atoms. The number of nitrogens with two attached hydrogens (primary N) is 1. The molecule has 0 spiro atoms. The molecule has 3 amide bonds. The standard InChI is InChI=1S/C39H38N4O13/c1-17-34(49)23(40)12-29(55-17)56-24-14-39(54,25(16-45)41-42-26(46)11-18-5-7-20(8-6-18)43-27(47)9-10-28(43)48)13-22-31(24)38(53)33-32(36(22)51)35(50)21-4-2-3-19(15-44)30(21)37(33)52/h2-10,15-17,23-25,29,34,41,49-54H,11-14,40H2,1H3,(H,42,46)/t17?,23-,24+,25?,29+,34+,39+/m1/s1. The fourth-order valence-electron chi connectivity index (χ4n) is 7.78. The summed E-state index contributed by atoms with van der Waals surface area (Å²) in [6.45, 7) is 1.56. The van der Waals surface area contributed by atoms with E-state index in [1.54, 1.807) is 6.92 Å². The number of anilines is 1. The molecule has 1 saturated heterocycles. The van der Waals surface area contributed by atoms with Gasteiger partial charge in [0.15, 0.2) is 12.6 Å². The SMILES string of the molecule is CC1O[C@@H](O[C@H]2C[C@](O)(C(C=O)NNC(=O)Cc3ccc(N4C(=O)C=CC4=O)cc3)Cc3c2c(O)c2c(O)c4c(C=O)cccc4c(O)c2c3O)C[C@@H](N)[C@H]1O. The number of carbonyl (C=O) groups is 5. The smallest absolute Gasteiger partial charge is 0.258 e. The number of nitrogens with zero attached hydrogens (tertiary/aromatic N) is 1. The summed E-state index contributed by atoms with van der Waals surface area (Å²) in [7, 11) is 0. The minimum atomic E-state index is -2.17. The number of aldehydes is 2. The molecule has 2 unspecified atom stereocenters. The number of rotatable bonds is 10. The van der Waals surface area contributed by atoms with Gasteiger partial charge < -0.3 is 50.6 Å². The third kappa shape index (κ3) is 6.49. The predicted octanol–water partition coefficient (Wildman–Crippen LogP) is 1.05. The lowest BCUT2D eigenvalue weighted by atomic mass is 9.73. The molecule has 17 heteroatoms. The lowest BCUT2D eigenvalue weighted by Crippen LogP contribution is -2.60. The fourth-order valence-corrected chi connectivity index (χ4v) is 7.78. The first kappa shape index (κ1) is 38.3. The van der Waals surface area contributed by atoms with E-state index >= 15 is 0 Å². The Kier molecular flexibility index (Phi) is 10.00. The number of hydrogen-bond acceptors (Lipinski definition) is 15. The Bertz CT molecular complexity index is 2300. The molecule has 7 rings (SSSR count). The van der Waals surface area contributed by atoms with Crippen LogP contribution in [0.4, 0.5) is 5.69 Å². The highest BCUT2D eigenvalue weighted by molar-refractivity contribution is 6.28. The van der Waals surface area contributed by atoms with Crippen molar-refractivity contribution in [2.24, 2.45) is 5.73 Å². The third-order valence-electron chi connectivity index (χ3n) is 10.6. The molecule has 17 nitrogen and oxygen atoms in total. The van der Waals surface area contributed by atoms with Crippen LogP contribution in [0.15, 0.2) is 54.6 Å². The van der Waals surface area contributed by atoms with E-state index in [2.05, 4.69) is 10.9 Å². The van der Waals surface area contributed by atoms with Gasteiger partial charge in [-0.25, -0.2) is 10.3 Å². The van der Waals surface area contributed by atoms with Gasteiger partial charge in [0.2, 0.25) is 5.91 Å². The first-order valence-corrected chi connectivity index (χ1v) is 17.6. The first-order valence-electron chi connectivity index (χ1n) is 17.6. The molecule has 0 aromatic heterocycles. The number of amides is 3. The molecule has 4 aromatic carbocycles. The number of hydrogen-bond donors (Lipinski definition) is 9. The van der Waals surface area contributed by atoms with Crippen LogP contribution in [-0.2, 0) is 41.5 Å². The molecular formula is C39H38N4O13. The molecule has 2 aliphatic heterocycles. The molecule has 1 aliphatic carbocycles. The van der Waals surface area contributed by atoms with Gasteiger partial charge in [0.05, 0.1) is 46.8 Å². The van der Waals surface area contributed by atoms with E-state index in [0.29, 0.717) is 23.8 Å². The number of hydrazine groups is 1. The van der Waals surface area contributed by atoms with Crippen molar-refractivity contribution in [3.63, 3.8) is 0 Å². The Hall–Kier alpha value is -5.95. The van der Waals surface area contributed by atoms with Crippen LogP contribution >= 0.6 is 0 Å². The summed E-state index contributed by atoms with van der Waals surface area (Å²) in [6.07, 6.45) is -2.58. The van der Waals surface area contributed by atoms with E-state index in [1.165, 1.54) is 42.5 Å². The van der Waals surface area contributed by atoms with Gasteiger partial charge in [0.1, 0.15) is 35.3 Å². The maximum Gasteiger partial charge on any atom is 0.258 e. The van der Waals surface area contributed by atoms with Crippen molar-refractivity contribution in [1.29, 1.82) is 0 Å². The zero-order valence-corrected chi connectivity index (χ0v) is 29.7. The minimum absolute atomic E-state index is 0.0142. The van der Waals surface area contributed by atoms with Crippen LogP contribution in [0.1, 0.15) is 52.9 Å². The Morgan fingerprint density at radius 3 is 2.32 bits per heavy atom. The van der Waals surface area contributed by atoms with Crippen LogP contribution in [0.5, 0.6) is 23.0 Å². The van der Waals surface area contributed by atoms with Crippen LogP contribution in [-0.4, -0.2) is 97.1 Å². The lowest BCUT2D eigenvalue weighted by molar-refractivity contribution is -0.248. The van der Waals surface area contributed by atoms with Crippen molar-refractivity contribution in [2.75, 3.05) is 4.90 Å². The first-order chi connectivity index (χ1) is 26.7. The normalized spacial score (nSPS) is 25.4. The number of phenolic OH excluding ortho intramolecular Hbond substituents is 4. The number of phenols is 4. The maximum absolute atomic E-state index is 13.0. The molecule has 7 atom stereocenters. The van der Waals surface area contributed by atoms with E-state index in [0.717, 1.165) is 17.1 Å². The molecule has 0 bridgehead atoms. The lowest BCUT2D eigenvalue weighted by Gasteiger charge is -2.44. The average molecular weight is 771 g/mol. The zero-order chi connectivity index (χ0) is 40.2. The summed E-state index contributed by atoms with van der Waals surface area (Å²) in [5.74, 6) is -4.21. The number of aromatic hydroxyl groups is 4. The van der Waals surface area contributed by atoms with Crippen molar-refractivity contribution in [2.45, 2.75) is 74.9 Å². The van der Waals surface area contributed by atoms with Gasteiger partial charge in [0, 0.05) is 64.9 Å². The molecule has 0 saturated carbocycles. The summed E-state index contributed by atoms with van der Waals surface area (Å²) in [5, 5.41) is 68.2. The third-order valence-corrected chi connectivity index (χ3v) is 10.6. The highest BCUT2D eigenvalue weighted by Crippen LogP contribution is 2.57. The van der Waals surface area contributed by atoms with Crippen LogP contribution < -0.4 is 21.5 Å². The quantitative estimate of drug-likeness (QED) is 0.0358. The van der Waals surface area contributed by atoms with E-state index in [1.807, 2.05) is 0 Å². The highest BCUT2D eigenvalue weighted by Gasteiger charge is 2.49. The number of aliphatic hydroxyl groups is 2. The van der Waals surface area contributed by atoms with Gasteiger partial charge in [0.25, 0.3) is 11.8 Å². The van der Waals surface area contributed by atoms with Crippen molar-refractivity contribution in [3.05, 3.63) is 76.9 Å². The number of aliphatic hydroxyl groups excluding tert-OH is 1. The topological polar surface area (TPSA) is 279 Å². The second-order valence-corrected chi connectivity index (χ2v) is 14.2. The highest BCUT2D eigenvalue weighted by atomic mass is 16.7. The Balaban J connectivity index is 1.22. The summed E-state index contributed by atoms with van der Waals surface area (Å²) in [6, 6.07) is 7.92. The Morgan fingerprint density at radius 2 is 1.68 bits per heavy atom. The summed E-state index contributed by atoms with van der Waals surface area (Å²) >= 11 is 0. The predicted molar refractivity (Wildman–Crippen MR) is 196 cm³/mol. The van der Waals surface area contributed by atoms with Gasteiger partial charge in [-0.3, -0.25) is 24.6 Å². The summed E-state index contributed by atoms with van der Waals surface area (Å²) < 4.78 is 12.1. The van der Waals surface area contributed by atoms with Crippen LogP contribution in [0, 0.1) is 0 Å². The maximum atomic E-state index is 13.0. The number of benzene rings is 4. The van der Waals surface area contributed by atoms with Crippen LogP contribution in [0.3, 0.4) is 0 Å².